The molecule has 1 aromatic carbocycles. The molecule has 0 aliphatic rings. The van der Waals surface area contributed by atoms with Gasteiger partial charge in [0, 0.05) is 18.0 Å². The molecule has 0 atom stereocenters. The van der Waals surface area contributed by atoms with Crippen LogP contribution in [0.5, 0.6) is 17.2 Å². The summed E-state index contributed by atoms with van der Waals surface area (Å²) in [6.07, 6.45) is 2.93. The number of nitrogens with one attached hydrogen (secondary N) is 2. The lowest BCUT2D eigenvalue weighted by Crippen LogP contribution is -2.17. The Hall–Kier alpha value is -4.82. The van der Waals surface area contributed by atoms with Crippen molar-refractivity contribution in [3.8, 4) is 40.2 Å². The predicted octanol–water partition coefficient (Wildman–Crippen LogP) is 4.66. The molecule has 5 aromatic rings. The number of sulfonamides is 1. The lowest BCUT2D eigenvalue weighted by atomic mass is 10.1. The summed E-state index contributed by atoms with van der Waals surface area (Å²) in [4.78, 5) is 30.8. The third kappa shape index (κ3) is 6.02. The Labute approximate surface area is 238 Å². The van der Waals surface area contributed by atoms with Gasteiger partial charge in [-0.3, -0.25) is 19.2 Å². The van der Waals surface area contributed by atoms with Crippen LogP contribution in [0.25, 0.3) is 22.9 Å². The van der Waals surface area contributed by atoms with Crippen molar-refractivity contribution in [3.05, 3.63) is 82.2 Å². The van der Waals surface area contributed by atoms with E-state index in [1.54, 1.807) is 36.4 Å². The molecule has 5 rings (SSSR count). The number of halogens is 1. The number of methoxy groups -OCH3 is 1. The minimum Gasteiger partial charge on any atom is -0.493 e. The molecular formula is C26H22ClN7O6S. The van der Waals surface area contributed by atoms with Gasteiger partial charge in [-0.15, -0.1) is 0 Å². The largest absolute Gasteiger partial charge is 0.493 e. The number of H-pyrrole nitrogens is 1. The molecule has 0 spiro atoms. The number of pyridine rings is 2. The molecule has 0 aliphatic heterocycles. The highest BCUT2D eigenvalue weighted by molar-refractivity contribution is 7.92. The molecule has 0 unspecified atom stereocenters. The fourth-order valence-corrected chi connectivity index (χ4v) is 4.78. The Morgan fingerprint density at radius 1 is 1.05 bits per heavy atom. The number of ether oxygens (including phenoxy) is 2. The number of benzene rings is 1. The van der Waals surface area contributed by atoms with Gasteiger partial charge in [0.1, 0.15) is 5.69 Å². The van der Waals surface area contributed by atoms with E-state index in [1.807, 2.05) is 13.8 Å². The van der Waals surface area contributed by atoms with Crippen LogP contribution in [0, 0.1) is 0 Å². The SMILES string of the molecule is COc1ccccc1Oc1c(Cl)nc(-c2ccnc(-c3noc(=O)[nH]3)c2)nc1NS(=O)(=O)c1ccc(C(C)C)cn1. The van der Waals surface area contributed by atoms with E-state index in [1.165, 1.54) is 31.6 Å². The summed E-state index contributed by atoms with van der Waals surface area (Å²) in [6.45, 7) is 3.94. The van der Waals surface area contributed by atoms with Crippen molar-refractivity contribution in [1.82, 2.24) is 30.1 Å². The van der Waals surface area contributed by atoms with Crippen LogP contribution < -0.4 is 20.0 Å². The molecule has 4 aromatic heterocycles. The smallest absolute Gasteiger partial charge is 0.439 e. The second-order valence-electron chi connectivity index (χ2n) is 8.83. The predicted molar refractivity (Wildman–Crippen MR) is 149 cm³/mol. The monoisotopic (exact) mass is 595 g/mol. The summed E-state index contributed by atoms with van der Waals surface area (Å²) in [7, 11) is -2.79. The number of nitrogens with zero attached hydrogens (tertiary/aromatic N) is 5. The van der Waals surface area contributed by atoms with Crippen molar-refractivity contribution in [2.24, 2.45) is 0 Å². The maximum absolute atomic E-state index is 13.4. The number of hydrogen-bond donors (Lipinski definition) is 2. The van der Waals surface area contributed by atoms with Gasteiger partial charge in [-0.1, -0.05) is 48.8 Å². The minimum atomic E-state index is -4.25. The second kappa shape index (κ2) is 11.3. The van der Waals surface area contributed by atoms with Crippen LogP contribution in [-0.4, -0.2) is 45.6 Å². The number of rotatable bonds is 9. The Balaban J connectivity index is 1.60. The highest BCUT2D eigenvalue weighted by Gasteiger charge is 2.25. The average Bonchev–Trinajstić information content (AvgIpc) is 3.41. The lowest BCUT2D eigenvalue weighted by Gasteiger charge is -2.16. The molecule has 0 fully saturated rings. The highest BCUT2D eigenvalue weighted by atomic mass is 35.5. The van der Waals surface area contributed by atoms with Crippen LogP contribution in [0.3, 0.4) is 0 Å². The molecule has 0 amide bonds. The molecule has 41 heavy (non-hydrogen) atoms. The molecule has 0 bridgehead atoms. The fraction of sp³-hybridized carbons (Fsp3) is 0.154. The quantitative estimate of drug-likeness (QED) is 0.227. The standard InChI is InChI=1S/C26H22ClN7O6S/c1-14(2)16-8-9-20(29-13-16)41(36,37)34-25-21(39-19-7-5-4-6-18(19)38-3)22(27)30-23(31-25)15-10-11-28-17(12-15)24-32-26(35)40-33-24/h4-14H,1-3H3,(H,30,31,34)(H,32,33,35). The Morgan fingerprint density at radius 3 is 2.49 bits per heavy atom. The van der Waals surface area contributed by atoms with Crippen molar-refractivity contribution in [3.63, 3.8) is 0 Å². The van der Waals surface area contributed by atoms with E-state index in [2.05, 4.69) is 39.3 Å². The molecule has 15 heteroatoms. The summed E-state index contributed by atoms with van der Waals surface area (Å²) in [5.74, 6) is -0.297. The van der Waals surface area contributed by atoms with Gasteiger partial charge in [0.25, 0.3) is 10.0 Å². The normalized spacial score (nSPS) is 11.4. The first-order valence-electron chi connectivity index (χ1n) is 12.0. The molecule has 0 aliphatic carbocycles. The van der Waals surface area contributed by atoms with Gasteiger partial charge >= 0.3 is 5.76 Å². The molecule has 4 heterocycles. The van der Waals surface area contributed by atoms with Crippen LogP contribution in [0.15, 0.2) is 75.3 Å². The zero-order chi connectivity index (χ0) is 29.1. The van der Waals surface area contributed by atoms with Gasteiger partial charge in [-0.2, -0.15) is 8.42 Å². The van der Waals surface area contributed by atoms with Crippen LogP contribution in [-0.2, 0) is 10.0 Å². The Bertz CT molecular complexity index is 1870. The summed E-state index contributed by atoms with van der Waals surface area (Å²) in [5.41, 5.74) is 1.50. The number of anilines is 1. The van der Waals surface area contributed by atoms with Gasteiger partial charge in [0.15, 0.2) is 33.3 Å². The lowest BCUT2D eigenvalue weighted by molar-refractivity contribution is 0.378. The average molecular weight is 596 g/mol. The highest BCUT2D eigenvalue weighted by Crippen LogP contribution is 2.40. The van der Waals surface area contributed by atoms with E-state index in [-0.39, 0.29) is 50.8 Å². The second-order valence-corrected chi connectivity index (χ2v) is 10.8. The molecular weight excluding hydrogens is 574 g/mol. The van der Waals surface area contributed by atoms with Crippen molar-refractivity contribution in [1.29, 1.82) is 0 Å². The molecule has 0 saturated heterocycles. The van der Waals surface area contributed by atoms with Gasteiger partial charge in [0.05, 0.1) is 7.11 Å². The van der Waals surface area contributed by atoms with E-state index in [0.717, 1.165) is 5.56 Å². The van der Waals surface area contributed by atoms with Crippen molar-refractivity contribution >= 4 is 27.4 Å². The zero-order valence-electron chi connectivity index (χ0n) is 21.8. The van der Waals surface area contributed by atoms with E-state index in [0.29, 0.717) is 11.3 Å². The van der Waals surface area contributed by atoms with Gasteiger partial charge in [-0.05, 0) is 41.8 Å². The van der Waals surface area contributed by atoms with Crippen LogP contribution in [0.4, 0.5) is 5.82 Å². The maximum atomic E-state index is 13.4. The first-order chi connectivity index (χ1) is 19.6. The van der Waals surface area contributed by atoms with E-state index < -0.39 is 15.8 Å². The number of aromatic amines is 1. The van der Waals surface area contributed by atoms with Gasteiger partial charge < -0.3 is 9.47 Å². The number of para-hydroxylation sites is 2. The van der Waals surface area contributed by atoms with Crippen molar-refractivity contribution in [2.45, 2.75) is 24.8 Å². The molecule has 13 nitrogen and oxygen atoms in total. The van der Waals surface area contributed by atoms with Gasteiger partial charge in [-0.25, -0.2) is 19.7 Å². The minimum absolute atomic E-state index is 0.0256. The van der Waals surface area contributed by atoms with E-state index in [9.17, 15) is 13.2 Å². The third-order valence-electron chi connectivity index (χ3n) is 5.74. The molecule has 2 N–H and O–H groups in total. The summed E-state index contributed by atoms with van der Waals surface area (Å²) in [6, 6.07) is 12.9. The fourth-order valence-electron chi connectivity index (χ4n) is 3.64. The molecule has 0 radical (unpaired) electrons. The van der Waals surface area contributed by atoms with E-state index in [4.69, 9.17) is 21.1 Å². The summed E-state index contributed by atoms with van der Waals surface area (Å²) in [5, 5.41) is 3.20. The van der Waals surface area contributed by atoms with E-state index >= 15 is 0 Å². The Kier molecular flexibility index (Phi) is 7.68. The van der Waals surface area contributed by atoms with Crippen molar-refractivity contribution < 1.29 is 22.4 Å². The topological polar surface area (TPSA) is 175 Å². The molecule has 210 valence electrons. The summed E-state index contributed by atoms with van der Waals surface area (Å²) >= 11 is 6.56. The van der Waals surface area contributed by atoms with Crippen LogP contribution in [0.1, 0.15) is 25.3 Å². The third-order valence-corrected chi connectivity index (χ3v) is 7.25. The number of aromatic nitrogens is 6. The van der Waals surface area contributed by atoms with Crippen molar-refractivity contribution in [2.75, 3.05) is 11.8 Å². The maximum Gasteiger partial charge on any atom is 0.439 e. The zero-order valence-corrected chi connectivity index (χ0v) is 23.4. The van der Waals surface area contributed by atoms with Crippen LogP contribution in [0.2, 0.25) is 5.15 Å². The number of hydrogen-bond acceptors (Lipinski definition) is 11. The summed E-state index contributed by atoms with van der Waals surface area (Å²) < 4.78 is 45.1. The van der Waals surface area contributed by atoms with Crippen LogP contribution >= 0.6 is 11.6 Å². The Morgan fingerprint density at radius 2 is 1.83 bits per heavy atom. The van der Waals surface area contributed by atoms with Gasteiger partial charge in [0.2, 0.25) is 11.6 Å². The first-order valence-corrected chi connectivity index (χ1v) is 13.9. The molecule has 0 saturated carbocycles. The first kappa shape index (κ1) is 27.7.